The fourth-order valence-corrected chi connectivity index (χ4v) is 3.27. The molecule has 2 N–H and O–H groups in total. The smallest absolute Gasteiger partial charge is 0.348 e. The van der Waals surface area contributed by atoms with Crippen LogP contribution in [0.25, 0.3) is 16.9 Å². The van der Waals surface area contributed by atoms with Crippen LogP contribution in [0.5, 0.6) is 5.75 Å². The highest BCUT2D eigenvalue weighted by Gasteiger charge is 2.16. The average Bonchev–Trinajstić information content (AvgIpc) is 3.35. The molecule has 28 heavy (non-hydrogen) atoms. The van der Waals surface area contributed by atoms with Crippen molar-refractivity contribution in [3.8, 4) is 22.7 Å². The van der Waals surface area contributed by atoms with Crippen LogP contribution >= 0.6 is 11.3 Å². The maximum absolute atomic E-state index is 12.4. The molecule has 0 atom stereocenters. The predicted octanol–water partition coefficient (Wildman–Crippen LogP) is 2.95. The fourth-order valence-electron chi connectivity index (χ4n) is 2.55. The van der Waals surface area contributed by atoms with E-state index in [2.05, 4.69) is 20.4 Å². The van der Waals surface area contributed by atoms with E-state index in [0.29, 0.717) is 10.8 Å². The van der Waals surface area contributed by atoms with E-state index in [0.717, 1.165) is 21.7 Å². The number of carbonyl (C=O) groups excluding carboxylic acids is 1. The van der Waals surface area contributed by atoms with E-state index in [1.807, 2.05) is 35.7 Å². The number of nitrogens with zero attached hydrogens (tertiary/aromatic N) is 3. The normalized spacial score (nSPS) is 10.6. The molecule has 0 aliphatic carbocycles. The van der Waals surface area contributed by atoms with Crippen molar-refractivity contribution >= 4 is 22.4 Å². The third-order valence-corrected chi connectivity index (χ3v) is 4.70. The average molecular weight is 393 g/mol. The highest BCUT2D eigenvalue weighted by Crippen LogP contribution is 2.26. The molecule has 1 amide bonds. The fraction of sp³-hybridized carbons (Fsp3) is 0.0526. The molecule has 0 spiro atoms. The molecule has 0 bridgehead atoms. The molecule has 4 aromatic rings. The number of rotatable bonds is 5. The van der Waals surface area contributed by atoms with Crippen molar-refractivity contribution in [1.29, 1.82) is 0 Å². The van der Waals surface area contributed by atoms with Crippen molar-refractivity contribution in [2.45, 2.75) is 0 Å². The summed E-state index contributed by atoms with van der Waals surface area (Å²) in [6, 6.07) is 16.3. The monoisotopic (exact) mass is 393 g/mol. The highest BCUT2D eigenvalue weighted by molar-refractivity contribution is 7.14. The second-order valence-electron chi connectivity index (χ2n) is 5.75. The van der Waals surface area contributed by atoms with Crippen LogP contribution in [0, 0.1) is 0 Å². The van der Waals surface area contributed by atoms with Crippen LogP contribution in [-0.4, -0.2) is 32.8 Å². The topological polar surface area (TPSA) is 102 Å². The quantitative estimate of drug-likeness (QED) is 0.543. The second kappa shape index (κ2) is 7.49. The molecule has 8 nitrogen and oxygen atoms in total. The number of hydrogen-bond acceptors (Lipinski definition) is 6. The number of hydrogen-bond donors (Lipinski definition) is 2. The Balaban J connectivity index is 1.51. The standard InChI is InChI=1S/C19H15N5O3S/c1-27-14-9-7-12(8-10-14)15-11-28-18(20-15)22-17(25)16-21-19(26)24(23-16)13-5-3-2-4-6-13/h2-11H,1H3,(H,20,22,25)(H,21,23,26). The van der Waals surface area contributed by atoms with Gasteiger partial charge in [0.15, 0.2) is 5.13 Å². The van der Waals surface area contributed by atoms with Gasteiger partial charge in [-0.15, -0.1) is 16.4 Å². The zero-order valence-electron chi connectivity index (χ0n) is 14.7. The Morgan fingerprint density at radius 1 is 1.14 bits per heavy atom. The first-order valence-electron chi connectivity index (χ1n) is 8.30. The molecule has 9 heteroatoms. The van der Waals surface area contributed by atoms with Crippen molar-refractivity contribution in [3.05, 3.63) is 76.3 Å². The van der Waals surface area contributed by atoms with Crippen LogP contribution < -0.4 is 15.7 Å². The maximum Gasteiger partial charge on any atom is 0.348 e. The Morgan fingerprint density at radius 3 is 2.61 bits per heavy atom. The van der Waals surface area contributed by atoms with Crippen LogP contribution in [-0.2, 0) is 0 Å². The Morgan fingerprint density at radius 2 is 1.89 bits per heavy atom. The lowest BCUT2D eigenvalue weighted by molar-refractivity contribution is 0.101. The molecule has 2 aromatic carbocycles. The van der Waals surface area contributed by atoms with Gasteiger partial charge in [0.1, 0.15) is 5.75 Å². The van der Waals surface area contributed by atoms with E-state index in [1.54, 1.807) is 31.4 Å². The molecule has 0 aliphatic rings. The molecule has 2 heterocycles. The van der Waals surface area contributed by atoms with Crippen molar-refractivity contribution in [1.82, 2.24) is 19.7 Å². The number of amides is 1. The van der Waals surface area contributed by atoms with Crippen LogP contribution in [0.4, 0.5) is 5.13 Å². The largest absolute Gasteiger partial charge is 0.497 e. The second-order valence-corrected chi connectivity index (χ2v) is 6.60. The summed E-state index contributed by atoms with van der Waals surface area (Å²) in [5.74, 6) is 0.128. The summed E-state index contributed by atoms with van der Waals surface area (Å²) in [6.07, 6.45) is 0. The number of aromatic amines is 1. The summed E-state index contributed by atoms with van der Waals surface area (Å²) >= 11 is 1.28. The minimum absolute atomic E-state index is 0.0879. The van der Waals surface area contributed by atoms with Crippen molar-refractivity contribution in [2.75, 3.05) is 12.4 Å². The molecule has 140 valence electrons. The molecular weight excluding hydrogens is 378 g/mol. The Kier molecular flexibility index (Phi) is 4.73. The van der Waals surface area contributed by atoms with Gasteiger partial charge in [0.25, 0.3) is 5.91 Å². The van der Waals surface area contributed by atoms with Crippen molar-refractivity contribution in [2.24, 2.45) is 0 Å². The lowest BCUT2D eigenvalue weighted by Crippen LogP contribution is -2.15. The van der Waals surface area contributed by atoms with Gasteiger partial charge < -0.3 is 4.74 Å². The number of H-pyrrole nitrogens is 1. The zero-order chi connectivity index (χ0) is 19.5. The number of carbonyl (C=O) groups is 1. The summed E-state index contributed by atoms with van der Waals surface area (Å²) in [5.41, 5.74) is 1.71. The summed E-state index contributed by atoms with van der Waals surface area (Å²) in [7, 11) is 1.61. The molecule has 4 rings (SSSR count). The number of benzene rings is 2. The molecule has 2 aromatic heterocycles. The van der Waals surface area contributed by atoms with Gasteiger partial charge in [-0.2, -0.15) is 4.68 Å². The lowest BCUT2D eigenvalue weighted by atomic mass is 10.2. The van der Waals surface area contributed by atoms with Gasteiger partial charge in [0.05, 0.1) is 18.5 Å². The summed E-state index contributed by atoms with van der Waals surface area (Å²) < 4.78 is 6.28. The first-order valence-corrected chi connectivity index (χ1v) is 9.18. The van der Waals surface area contributed by atoms with Gasteiger partial charge in [0, 0.05) is 10.9 Å². The number of para-hydroxylation sites is 1. The van der Waals surface area contributed by atoms with E-state index in [1.165, 1.54) is 11.3 Å². The molecule has 0 radical (unpaired) electrons. The minimum atomic E-state index is -0.539. The van der Waals surface area contributed by atoms with Crippen LogP contribution in [0.3, 0.4) is 0 Å². The molecule has 0 saturated heterocycles. The number of anilines is 1. The number of aromatic nitrogens is 4. The van der Waals surface area contributed by atoms with E-state index in [-0.39, 0.29) is 5.82 Å². The highest BCUT2D eigenvalue weighted by atomic mass is 32.1. The molecule has 0 aliphatic heterocycles. The summed E-state index contributed by atoms with van der Waals surface area (Å²) in [4.78, 5) is 31.4. The van der Waals surface area contributed by atoms with Crippen LogP contribution in [0.2, 0.25) is 0 Å². The predicted molar refractivity (Wildman–Crippen MR) is 106 cm³/mol. The first-order chi connectivity index (χ1) is 13.6. The van der Waals surface area contributed by atoms with E-state index in [9.17, 15) is 9.59 Å². The van der Waals surface area contributed by atoms with E-state index in [4.69, 9.17) is 4.74 Å². The van der Waals surface area contributed by atoms with Gasteiger partial charge in [0.2, 0.25) is 5.82 Å². The third kappa shape index (κ3) is 3.55. The Labute approximate surface area is 163 Å². The first kappa shape index (κ1) is 17.7. The lowest BCUT2D eigenvalue weighted by Gasteiger charge is -2.01. The number of thiazole rings is 1. The zero-order valence-corrected chi connectivity index (χ0v) is 15.6. The third-order valence-electron chi connectivity index (χ3n) is 3.94. The van der Waals surface area contributed by atoms with Crippen LogP contribution in [0.15, 0.2) is 64.8 Å². The van der Waals surface area contributed by atoms with Crippen molar-refractivity contribution in [3.63, 3.8) is 0 Å². The number of nitrogens with one attached hydrogen (secondary N) is 2. The van der Waals surface area contributed by atoms with E-state index < -0.39 is 11.6 Å². The van der Waals surface area contributed by atoms with Crippen LogP contribution in [0.1, 0.15) is 10.6 Å². The van der Waals surface area contributed by atoms with Crippen molar-refractivity contribution < 1.29 is 9.53 Å². The van der Waals surface area contributed by atoms with Gasteiger partial charge in [-0.3, -0.25) is 15.1 Å². The Bertz CT molecular complexity index is 1160. The summed E-state index contributed by atoms with van der Waals surface area (Å²) in [6.45, 7) is 0. The summed E-state index contributed by atoms with van der Waals surface area (Å²) in [5, 5.41) is 8.96. The van der Waals surface area contributed by atoms with Gasteiger partial charge >= 0.3 is 5.69 Å². The molecular formula is C19H15N5O3S. The number of methoxy groups -OCH3 is 1. The van der Waals surface area contributed by atoms with E-state index >= 15 is 0 Å². The Hall–Kier alpha value is -3.72. The number of ether oxygens (including phenoxy) is 1. The maximum atomic E-state index is 12.4. The molecule has 0 fully saturated rings. The van der Waals surface area contributed by atoms with Gasteiger partial charge in [-0.1, -0.05) is 18.2 Å². The van der Waals surface area contributed by atoms with Gasteiger partial charge in [-0.25, -0.2) is 9.78 Å². The minimum Gasteiger partial charge on any atom is -0.497 e. The SMILES string of the molecule is COc1ccc(-c2csc(NC(=O)c3nn(-c4ccccc4)c(=O)[nH]3)n2)cc1. The molecule has 0 unspecified atom stereocenters. The molecule has 0 saturated carbocycles. The van der Waals surface area contributed by atoms with Gasteiger partial charge in [-0.05, 0) is 36.4 Å².